The second-order valence-electron chi connectivity index (χ2n) is 2.79. The highest BCUT2D eigenvalue weighted by Crippen LogP contribution is 2.14. The van der Waals surface area contributed by atoms with Gasteiger partial charge in [0.05, 0.1) is 18.8 Å². The Morgan fingerprint density at radius 3 is 1.60 bits per heavy atom. The molecule has 0 heterocycles. The molecule has 0 unspecified atom stereocenters. The zero-order valence-electron chi connectivity index (χ0n) is 6.96. The van der Waals surface area contributed by atoms with Crippen molar-refractivity contribution in [1.82, 2.24) is 4.90 Å². The number of aliphatic hydroxyl groups excluding tert-OH is 2. The first-order chi connectivity index (χ1) is 4.63. The molecule has 0 fully saturated rings. The zero-order chi connectivity index (χ0) is 8.20. The van der Waals surface area contributed by atoms with Crippen LogP contribution in [0.15, 0.2) is 0 Å². The van der Waals surface area contributed by atoms with Crippen LogP contribution in [0.3, 0.4) is 0 Å². The SMILES string of the molecule is CCC(CO)(CO)N(C)C. The van der Waals surface area contributed by atoms with E-state index < -0.39 is 5.54 Å². The van der Waals surface area contributed by atoms with Gasteiger partial charge in [-0.3, -0.25) is 4.90 Å². The van der Waals surface area contributed by atoms with Gasteiger partial charge < -0.3 is 10.2 Å². The third kappa shape index (κ3) is 1.68. The minimum Gasteiger partial charge on any atom is -0.394 e. The highest BCUT2D eigenvalue weighted by atomic mass is 16.3. The van der Waals surface area contributed by atoms with Crippen molar-refractivity contribution in [1.29, 1.82) is 0 Å². The first-order valence-electron chi connectivity index (χ1n) is 3.52. The minimum atomic E-state index is -0.431. The van der Waals surface area contributed by atoms with Gasteiger partial charge in [0.2, 0.25) is 0 Å². The number of hydrogen-bond donors (Lipinski definition) is 2. The average molecular weight is 147 g/mol. The third-order valence-corrected chi connectivity index (χ3v) is 2.20. The molecule has 0 aliphatic carbocycles. The molecule has 3 heteroatoms. The van der Waals surface area contributed by atoms with Crippen molar-refractivity contribution in [2.75, 3.05) is 27.3 Å². The summed E-state index contributed by atoms with van der Waals surface area (Å²) in [6, 6.07) is 0. The van der Waals surface area contributed by atoms with Crippen LogP contribution in [0.1, 0.15) is 13.3 Å². The Bertz CT molecular complexity index is 81.3. The molecule has 3 nitrogen and oxygen atoms in total. The van der Waals surface area contributed by atoms with Gasteiger partial charge in [-0.05, 0) is 20.5 Å². The number of aliphatic hydroxyl groups is 2. The van der Waals surface area contributed by atoms with Crippen LogP contribution in [0.5, 0.6) is 0 Å². The van der Waals surface area contributed by atoms with Crippen LogP contribution in [0.4, 0.5) is 0 Å². The molecule has 0 atom stereocenters. The highest BCUT2D eigenvalue weighted by molar-refractivity contribution is 4.84. The van der Waals surface area contributed by atoms with Gasteiger partial charge in [0.1, 0.15) is 0 Å². The van der Waals surface area contributed by atoms with Crippen molar-refractivity contribution >= 4 is 0 Å². The van der Waals surface area contributed by atoms with E-state index in [4.69, 9.17) is 10.2 Å². The molecule has 0 saturated heterocycles. The van der Waals surface area contributed by atoms with E-state index in [9.17, 15) is 0 Å². The Balaban J connectivity index is 4.15. The van der Waals surface area contributed by atoms with Gasteiger partial charge in [-0.15, -0.1) is 0 Å². The first kappa shape index (κ1) is 9.88. The lowest BCUT2D eigenvalue weighted by atomic mass is 9.97. The lowest BCUT2D eigenvalue weighted by Crippen LogP contribution is -2.50. The van der Waals surface area contributed by atoms with Crippen LogP contribution in [0, 0.1) is 0 Å². The van der Waals surface area contributed by atoms with E-state index in [0.29, 0.717) is 0 Å². The Labute approximate surface area is 62.3 Å². The van der Waals surface area contributed by atoms with E-state index in [2.05, 4.69) is 0 Å². The molecule has 0 rings (SSSR count). The van der Waals surface area contributed by atoms with Crippen LogP contribution in [0.2, 0.25) is 0 Å². The van der Waals surface area contributed by atoms with Crippen LogP contribution in [-0.4, -0.2) is 48.0 Å². The predicted molar refractivity (Wildman–Crippen MR) is 40.9 cm³/mol. The van der Waals surface area contributed by atoms with Gasteiger partial charge in [-0.2, -0.15) is 0 Å². The molecule has 10 heavy (non-hydrogen) atoms. The maximum absolute atomic E-state index is 8.95. The summed E-state index contributed by atoms with van der Waals surface area (Å²) in [4.78, 5) is 1.85. The molecule has 0 bridgehead atoms. The second-order valence-corrected chi connectivity index (χ2v) is 2.79. The fourth-order valence-corrected chi connectivity index (χ4v) is 0.873. The van der Waals surface area contributed by atoms with E-state index in [1.165, 1.54) is 0 Å². The summed E-state index contributed by atoms with van der Waals surface area (Å²) >= 11 is 0. The predicted octanol–water partition coefficient (Wildman–Crippen LogP) is -0.319. The zero-order valence-corrected chi connectivity index (χ0v) is 6.96. The Hall–Kier alpha value is -0.120. The van der Waals surface area contributed by atoms with Gasteiger partial charge in [-0.25, -0.2) is 0 Å². The smallest absolute Gasteiger partial charge is 0.0665 e. The lowest BCUT2D eigenvalue weighted by Gasteiger charge is -2.35. The molecule has 0 aromatic heterocycles. The normalized spacial score (nSPS) is 12.6. The van der Waals surface area contributed by atoms with Gasteiger partial charge in [0.15, 0.2) is 0 Å². The van der Waals surface area contributed by atoms with E-state index in [1.807, 2.05) is 25.9 Å². The summed E-state index contributed by atoms with van der Waals surface area (Å²) in [6.07, 6.45) is 0.757. The maximum Gasteiger partial charge on any atom is 0.0665 e. The number of rotatable bonds is 4. The summed E-state index contributed by atoms with van der Waals surface area (Å²) in [6.45, 7) is 1.96. The topological polar surface area (TPSA) is 43.7 Å². The molecule has 0 aliphatic heterocycles. The number of likely N-dealkylation sites (N-methyl/N-ethyl adjacent to an activating group) is 1. The molecule has 0 amide bonds. The molecular weight excluding hydrogens is 130 g/mol. The lowest BCUT2D eigenvalue weighted by molar-refractivity contribution is 0.0140. The molecular formula is C7H17NO2. The highest BCUT2D eigenvalue weighted by Gasteiger charge is 2.28. The molecule has 62 valence electrons. The monoisotopic (exact) mass is 147 g/mol. The third-order valence-electron chi connectivity index (χ3n) is 2.20. The summed E-state index contributed by atoms with van der Waals surface area (Å²) in [7, 11) is 3.71. The minimum absolute atomic E-state index is 0.00694. The number of nitrogens with zero attached hydrogens (tertiary/aromatic N) is 1. The van der Waals surface area contributed by atoms with E-state index >= 15 is 0 Å². The van der Waals surface area contributed by atoms with Gasteiger partial charge in [0, 0.05) is 0 Å². The molecule has 0 radical (unpaired) electrons. The molecule has 0 aliphatic rings. The van der Waals surface area contributed by atoms with E-state index in [0.717, 1.165) is 6.42 Å². The summed E-state index contributed by atoms with van der Waals surface area (Å²) in [5.41, 5.74) is -0.431. The first-order valence-corrected chi connectivity index (χ1v) is 3.52. The van der Waals surface area contributed by atoms with Crippen LogP contribution in [0.25, 0.3) is 0 Å². The largest absolute Gasteiger partial charge is 0.394 e. The van der Waals surface area contributed by atoms with Crippen LogP contribution < -0.4 is 0 Å². The van der Waals surface area contributed by atoms with Crippen molar-refractivity contribution in [2.24, 2.45) is 0 Å². The second kappa shape index (κ2) is 3.91. The molecule has 0 aromatic carbocycles. The maximum atomic E-state index is 8.95. The van der Waals surface area contributed by atoms with Gasteiger partial charge >= 0.3 is 0 Å². The molecule has 0 spiro atoms. The Kier molecular flexibility index (Phi) is 3.86. The van der Waals surface area contributed by atoms with Gasteiger partial charge in [-0.1, -0.05) is 6.92 Å². The Morgan fingerprint density at radius 1 is 1.20 bits per heavy atom. The standard InChI is InChI=1S/C7H17NO2/c1-4-7(5-9,6-10)8(2)3/h9-10H,4-6H2,1-3H3. The van der Waals surface area contributed by atoms with E-state index in [-0.39, 0.29) is 13.2 Å². The van der Waals surface area contributed by atoms with Crippen molar-refractivity contribution in [3.8, 4) is 0 Å². The van der Waals surface area contributed by atoms with E-state index in [1.54, 1.807) is 0 Å². The molecule has 0 saturated carbocycles. The van der Waals surface area contributed by atoms with Crippen LogP contribution in [-0.2, 0) is 0 Å². The van der Waals surface area contributed by atoms with Crippen molar-refractivity contribution in [3.63, 3.8) is 0 Å². The number of hydrogen-bond acceptors (Lipinski definition) is 3. The van der Waals surface area contributed by atoms with Gasteiger partial charge in [0.25, 0.3) is 0 Å². The van der Waals surface area contributed by atoms with Crippen molar-refractivity contribution < 1.29 is 10.2 Å². The summed E-state index contributed by atoms with van der Waals surface area (Å²) in [5, 5.41) is 17.9. The average Bonchev–Trinajstić information content (AvgIpc) is 1.92. The Morgan fingerprint density at radius 2 is 1.60 bits per heavy atom. The molecule has 2 N–H and O–H groups in total. The summed E-state index contributed by atoms with van der Waals surface area (Å²) < 4.78 is 0. The van der Waals surface area contributed by atoms with Crippen LogP contribution >= 0.6 is 0 Å². The quantitative estimate of drug-likeness (QED) is 0.573. The molecule has 0 aromatic rings. The summed E-state index contributed by atoms with van der Waals surface area (Å²) in [5.74, 6) is 0. The van der Waals surface area contributed by atoms with Crippen molar-refractivity contribution in [2.45, 2.75) is 18.9 Å². The fourth-order valence-electron chi connectivity index (χ4n) is 0.873. The van der Waals surface area contributed by atoms with Crippen molar-refractivity contribution in [3.05, 3.63) is 0 Å². The fraction of sp³-hybridized carbons (Fsp3) is 1.00.